The Kier molecular flexibility index (Phi) is 11.4. The molecule has 1 heterocycles. The molecule has 1 aromatic rings. The Hall–Kier alpha value is -0.369. The largest absolute Gasteiger partial charge is 0.408 e. The van der Waals surface area contributed by atoms with Crippen LogP contribution in [0.15, 0.2) is 30.3 Å². The van der Waals surface area contributed by atoms with Gasteiger partial charge in [-0.05, 0) is 60.0 Å². The number of aliphatic hydroxyl groups excluding tert-OH is 1. The summed E-state index contributed by atoms with van der Waals surface area (Å²) in [7, 11) is -6.87. The van der Waals surface area contributed by atoms with Crippen LogP contribution in [0, 0.1) is 0 Å². The molecule has 9 heteroatoms. The average Bonchev–Trinajstić information content (AvgIpc) is 2.78. The molecule has 2 rings (SSSR count). The van der Waals surface area contributed by atoms with E-state index in [1.54, 1.807) is 0 Å². The van der Waals surface area contributed by atoms with Gasteiger partial charge in [0.25, 0.3) is 0 Å². The zero-order chi connectivity index (χ0) is 30.9. The van der Waals surface area contributed by atoms with Crippen LogP contribution in [0.1, 0.15) is 67.9 Å². The molecule has 0 spiro atoms. The summed E-state index contributed by atoms with van der Waals surface area (Å²) in [4.78, 5) is 0. The first-order chi connectivity index (χ1) is 17.9. The zero-order valence-corrected chi connectivity index (χ0v) is 31.2. The first-order valence-corrected chi connectivity index (χ1v) is 23.6. The summed E-state index contributed by atoms with van der Waals surface area (Å²) in [6.45, 7) is 33.9. The monoisotopic (exact) mass is 612 g/mol. The van der Waals surface area contributed by atoms with E-state index in [1.165, 1.54) is 0 Å². The highest BCUT2D eigenvalue weighted by atomic mass is 28.4. The van der Waals surface area contributed by atoms with E-state index >= 15 is 0 Å². The fraction of sp³-hybridized carbons (Fsp3) is 0.806. The van der Waals surface area contributed by atoms with Crippen molar-refractivity contribution in [3.63, 3.8) is 0 Å². The van der Waals surface area contributed by atoms with Gasteiger partial charge in [0.2, 0.25) is 0 Å². The third-order valence-electron chi connectivity index (χ3n) is 9.74. The highest BCUT2D eigenvalue weighted by Gasteiger charge is 2.56. The van der Waals surface area contributed by atoms with Gasteiger partial charge in [-0.15, -0.1) is 0 Å². The van der Waals surface area contributed by atoms with E-state index in [2.05, 4.69) is 102 Å². The van der Waals surface area contributed by atoms with Gasteiger partial charge in [-0.1, -0.05) is 92.6 Å². The fourth-order valence-electron chi connectivity index (χ4n) is 3.86. The summed E-state index contributed by atoms with van der Waals surface area (Å²) in [5, 5.41) is 10.6. The minimum atomic E-state index is -2.30. The lowest BCUT2D eigenvalue weighted by molar-refractivity contribution is -0.295. The molecule has 40 heavy (non-hydrogen) atoms. The third-order valence-corrected chi connectivity index (χ3v) is 23.2. The van der Waals surface area contributed by atoms with E-state index in [4.69, 9.17) is 22.8 Å². The summed E-state index contributed by atoms with van der Waals surface area (Å²) < 4.78 is 34.6. The van der Waals surface area contributed by atoms with Gasteiger partial charge >= 0.3 is 0 Å². The number of hydrogen-bond acceptors (Lipinski definition) is 6. The van der Waals surface area contributed by atoms with Crippen molar-refractivity contribution in [1.29, 1.82) is 0 Å². The van der Waals surface area contributed by atoms with Crippen LogP contribution >= 0.6 is 0 Å². The van der Waals surface area contributed by atoms with Crippen molar-refractivity contribution in [2.75, 3.05) is 6.61 Å². The number of rotatable bonds is 10. The lowest BCUT2D eigenvalue weighted by Gasteiger charge is -2.54. The third kappa shape index (κ3) is 8.60. The maximum atomic E-state index is 10.7. The Morgan fingerprint density at radius 2 is 1.05 bits per heavy atom. The van der Waals surface area contributed by atoms with Crippen molar-refractivity contribution < 1.29 is 27.9 Å². The van der Waals surface area contributed by atoms with Crippen molar-refractivity contribution in [3.8, 4) is 0 Å². The molecule has 1 aliphatic rings. The fourth-order valence-corrected chi connectivity index (χ4v) is 7.77. The van der Waals surface area contributed by atoms with Gasteiger partial charge in [-0.25, -0.2) is 0 Å². The van der Waals surface area contributed by atoms with Crippen molar-refractivity contribution in [3.05, 3.63) is 35.9 Å². The van der Waals surface area contributed by atoms with E-state index < -0.39 is 55.7 Å². The van der Waals surface area contributed by atoms with E-state index in [9.17, 15) is 5.11 Å². The van der Waals surface area contributed by atoms with Gasteiger partial charge in [0.1, 0.15) is 24.4 Å². The van der Waals surface area contributed by atoms with Gasteiger partial charge in [0, 0.05) is 0 Å². The second-order valence-electron chi connectivity index (χ2n) is 16.1. The normalized spacial score (nSPS) is 25.8. The first-order valence-electron chi connectivity index (χ1n) is 14.9. The predicted octanol–water partition coefficient (Wildman–Crippen LogP) is 8.09. The molecule has 0 radical (unpaired) electrons. The zero-order valence-electron chi connectivity index (χ0n) is 28.2. The van der Waals surface area contributed by atoms with Crippen molar-refractivity contribution in [1.82, 2.24) is 0 Å². The van der Waals surface area contributed by atoms with E-state index in [1.807, 2.05) is 30.3 Å². The number of benzene rings is 1. The van der Waals surface area contributed by atoms with Crippen LogP contribution in [0.2, 0.25) is 54.4 Å². The predicted molar refractivity (Wildman–Crippen MR) is 173 cm³/mol. The average molecular weight is 613 g/mol. The maximum Gasteiger partial charge on any atom is 0.192 e. The van der Waals surface area contributed by atoms with Gasteiger partial charge in [0.05, 0.1) is 13.2 Å². The first kappa shape index (κ1) is 35.8. The van der Waals surface area contributed by atoms with Crippen LogP contribution in [0.25, 0.3) is 0 Å². The smallest absolute Gasteiger partial charge is 0.192 e. The van der Waals surface area contributed by atoms with Gasteiger partial charge < -0.3 is 27.9 Å². The molecule has 0 aliphatic carbocycles. The van der Waals surface area contributed by atoms with Crippen LogP contribution in [0.5, 0.6) is 0 Å². The van der Waals surface area contributed by atoms with Crippen LogP contribution in [-0.2, 0) is 29.4 Å². The highest BCUT2D eigenvalue weighted by Crippen LogP contribution is 2.46. The Morgan fingerprint density at radius 3 is 1.45 bits per heavy atom. The van der Waals surface area contributed by atoms with E-state index in [0.29, 0.717) is 6.61 Å². The topological polar surface area (TPSA) is 66.4 Å². The lowest BCUT2D eigenvalue weighted by atomic mass is 9.99. The molecule has 232 valence electrons. The van der Waals surface area contributed by atoms with Gasteiger partial charge in [-0.2, -0.15) is 0 Å². The maximum absolute atomic E-state index is 10.7. The Morgan fingerprint density at radius 1 is 0.650 bits per heavy atom. The molecular formula is C31H60O6Si3. The van der Waals surface area contributed by atoms with Crippen LogP contribution in [-0.4, -0.2) is 67.4 Å². The van der Waals surface area contributed by atoms with Gasteiger partial charge in [-0.3, -0.25) is 0 Å². The molecule has 6 nitrogen and oxygen atoms in total. The van der Waals surface area contributed by atoms with Crippen molar-refractivity contribution in [2.45, 2.75) is 154 Å². The summed E-state index contributed by atoms with van der Waals surface area (Å²) in [5.74, 6) is 0. The molecule has 1 fully saturated rings. The molecule has 5 atom stereocenters. The standard InChI is InChI=1S/C31H60O6Si3/c1-29(2,3)38(10,11)35-25-24(21-32)34-28(33-22-23-19-17-16-18-20-23)27(37-40(14,15)31(7,8)9)26(25)36-39(12,13)30(4,5)6/h16-20,24-28,32H,21-22H2,1-15H3/t24-,25-,26+,27+,28+/m1/s1. The molecule has 0 unspecified atom stereocenters. The summed E-state index contributed by atoms with van der Waals surface area (Å²) >= 11 is 0. The van der Waals surface area contributed by atoms with E-state index in [-0.39, 0.29) is 21.7 Å². The summed E-state index contributed by atoms with van der Waals surface area (Å²) in [6, 6.07) is 10.1. The summed E-state index contributed by atoms with van der Waals surface area (Å²) in [6.07, 6.45) is -2.73. The Balaban J connectivity index is 2.66. The van der Waals surface area contributed by atoms with Gasteiger partial charge in [0.15, 0.2) is 31.2 Å². The van der Waals surface area contributed by atoms with Crippen molar-refractivity contribution >= 4 is 25.0 Å². The molecule has 0 saturated carbocycles. The Labute approximate surface area is 248 Å². The minimum absolute atomic E-state index is 0.0228. The number of aliphatic hydroxyl groups is 1. The number of ether oxygens (including phenoxy) is 2. The Bertz CT molecular complexity index is 931. The molecule has 1 aromatic carbocycles. The van der Waals surface area contributed by atoms with Crippen LogP contribution < -0.4 is 0 Å². The molecule has 1 aliphatic heterocycles. The molecule has 0 amide bonds. The van der Waals surface area contributed by atoms with Crippen molar-refractivity contribution in [2.24, 2.45) is 0 Å². The molecule has 1 N–H and O–H groups in total. The lowest BCUT2D eigenvalue weighted by Crippen LogP contribution is -2.68. The van der Waals surface area contributed by atoms with E-state index in [0.717, 1.165) is 5.56 Å². The molecular weight excluding hydrogens is 553 g/mol. The summed E-state index contributed by atoms with van der Waals surface area (Å²) in [5.41, 5.74) is 1.05. The quantitative estimate of drug-likeness (QED) is 0.269. The molecule has 0 bridgehead atoms. The number of hydrogen-bond donors (Lipinski definition) is 1. The minimum Gasteiger partial charge on any atom is -0.408 e. The SMILES string of the molecule is CC(C)(C)[Si](C)(C)O[C@@H]1[C@H](O[Si](C)(C)C(C)(C)C)[C@@H](OCc2ccccc2)O[C@H](CO)[C@H]1O[Si](C)(C)C(C)(C)C. The second kappa shape index (κ2) is 12.7. The van der Waals surface area contributed by atoms with Crippen LogP contribution in [0.3, 0.4) is 0 Å². The van der Waals surface area contributed by atoms with Crippen LogP contribution in [0.4, 0.5) is 0 Å². The molecule has 0 aromatic heterocycles. The molecule has 1 saturated heterocycles. The highest BCUT2D eigenvalue weighted by molar-refractivity contribution is 6.75. The second-order valence-corrected chi connectivity index (χ2v) is 30.3.